The molecule has 4 nitrogen and oxygen atoms in total. The van der Waals surface area contributed by atoms with Gasteiger partial charge in [0.2, 0.25) is 0 Å². The van der Waals surface area contributed by atoms with Crippen molar-refractivity contribution in [2.45, 2.75) is 39.3 Å². The monoisotopic (exact) mass is 285 g/mol. The highest BCUT2D eigenvalue weighted by Gasteiger charge is 2.24. The van der Waals surface area contributed by atoms with Gasteiger partial charge in [0.1, 0.15) is 5.75 Å². The Kier molecular flexibility index (Phi) is 3.72. The zero-order chi connectivity index (χ0) is 15.0. The summed E-state index contributed by atoms with van der Waals surface area (Å²) in [5.41, 5.74) is 4.90. The SMILES string of the molecule is Cc1nn(C)c(C)c1C(C)NC1CCOc2ccccc21. The van der Waals surface area contributed by atoms with E-state index in [1.54, 1.807) is 0 Å². The van der Waals surface area contributed by atoms with Crippen LogP contribution in [0.5, 0.6) is 5.75 Å². The third kappa shape index (κ3) is 2.56. The quantitative estimate of drug-likeness (QED) is 0.941. The van der Waals surface area contributed by atoms with Crippen LogP contribution in [-0.4, -0.2) is 16.4 Å². The first-order valence-electron chi connectivity index (χ1n) is 7.55. The van der Waals surface area contributed by atoms with E-state index in [0.717, 1.165) is 24.5 Å². The second-order valence-electron chi connectivity index (χ2n) is 5.82. The maximum atomic E-state index is 5.74. The van der Waals surface area contributed by atoms with Gasteiger partial charge in [-0.2, -0.15) is 5.10 Å². The number of benzene rings is 1. The first-order chi connectivity index (χ1) is 10.1. The van der Waals surface area contributed by atoms with Crippen molar-refractivity contribution in [1.29, 1.82) is 0 Å². The van der Waals surface area contributed by atoms with Gasteiger partial charge in [0, 0.05) is 42.4 Å². The molecule has 0 saturated carbocycles. The molecule has 2 heterocycles. The van der Waals surface area contributed by atoms with Crippen molar-refractivity contribution in [2.75, 3.05) is 6.61 Å². The zero-order valence-electron chi connectivity index (χ0n) is 13.2. The first kappa shape index (κ1) is 14.1. The number of nitrogens with zero attached hydrogens (tertiary/aromatic N) is 2. The van der Waals surface area contributed by atoms with E-state index in [9.17, 15) is 0 Å². The summed E-state index contributed by atoms with van der Waals surface area (Å²) in [6.07, 6.45) is 1.000. The Labute approximate surface area is 126 Å². The maximum Gasteiger partial charge on any atom is 0.124 e. The average Bonchev–Trinajstić information content (AvgIpc) is 2.72. The molecule has 1 aliphatic rings. The summed E-state index contributed by atoms with van der Waals surface area (Å²) >= 11 is 0. The van der Waals surface area contributed by atoms with E-state index in [4.69, 9.17) is 4.74 Å². The van der Waals surface area contributed by atoms with Crippen LogP contribution in [0.4, 0.5) is 0 Å². The summed E-state index contributed by atoms with van der Waals surface area (Å²) < 4.78 is 7.70. The molecular formula is C17H23N3O. The lowest BCUT2D eigenvalue weighted by Crippen LogP contribution is -2.29. The molecule has 0 fully saturated rings. The highest BCUT2D eigenvalue weighted by atomic mass is 16.5. The first-order valence-corrected chi connectivity index (χ1v) is 7.55. The van der Waals surface area contributed by atoms with Gasteiger partial charge >= 0.3 is 0 Å². The Hall–Kier alpha value is -1.81. The van der Waals surface area contributed by atoms with Crippen molar-refractivity contribution in [1.82, 2.24) is 15.1 Å². The standard InChI is InChI=1S/C17H23N3O/c1-11(17-12(2)19-20(4)13(17)3)18-15-9-10-21-16-8-6-5-7-14(15)16/h5-8,11,15,18H,9-10H2,1-4H3. The molecule has 1 aromatic carbocycles. The summed E-state index contributed by atoms with van der Waals surface area (Å²) in [5.74, 6) is 1.01. The summed E-state index contributed by atoms with van der Waals surface area (Å²) in [5, 5.41) is 8.27. The van der Waals surface area contributed by atoms with Crippen LogP contribution in [0.15, 0.2) is 24.3 Å². The number of hydrogen-bond donors (Lipinski definition) is 1. The van der Waals surface area contributed by atoms with Gasteiger partial charge in [0.15, 0.2) is 0 Å². The van der Waals surface area contributed by atoms with Crippen LogP contribution in [0.2, 0.25) is 0 Å². The fraction of sp³-hybridized carbons (Fsp3) is 0.471. The predicted molar refractivity (Wildman–Crippen MR) is 83.5 cm³/mol. The van der Waals surface area contributed by atoms with Crippen molar-refractivity contribution in [3.8, 4) is 5.75 Å². The molecule has 21 heavy (non-hydrogen) atoms. The minimum absolute atomic E-state index is 0.273. The summed E-state index contributed by atoms with van der Waals surface area (Å²) in [6, 6.07) is 8.92. The molecule has 4 heteroatoms. The Morgan fingerprint density at radius 2 is 2.10 bits per heavy atom. The molecule has 0 bridgehead atoms. The van der Waals surface area contributed by atoms with Crippen LogP contribution >= 0.6 is 0 Å². The van der Waals surface area contributed by atoms with Gasteiger partial charge in [-0.05, 0) is 26.8 Å². The molecule has 0 saturated heterocycles. The van der Waals surface area contributed by atoms with E-state index in [1.165, 1.54) is 16.8 Å². The molecule has 2 unspecified atom stereocenters. The minimum atomic E-state index is 0.273. The third-order valence-electron chi connectivity index (χ3n) is 4.41. The number of ether oxygens (including phenoxy) is 1. The van der Waals surface area contributed by atoms with Crippen molar-refractivity contribution in [2.24, 2.45) is 7.05 Å². The minimum Gasteiger partial charge on any atom is -0.493 e. The lowest BCUT2D eigenvalue weighted by atomic mass is 9.98. The third-order valence-corrected chi connectivity index (χ3v) is 4.41. The van der Waals surface area contributed by atoms with Crippen LogP contribution in [0.25, 0.3) is 0 Å². The zero-order valence-corrected chi connectivity index (χ0v) is 13.2. The molecule has 0 aliphatic carbocycles. The van der Waals surface area contributed by atoms with Gasteiger partial charge in [-0.3, -0.25) is 4.68 Å². The van der Waals surface area contributed by atoms with Crippen LogP contribution in [0.1, 0.15) is 47.9 Å². The fourth-order valence-corrected chi connectivity index (χ4v) is 3.32. The van der Waals surface area contributed by atoms with Gasteiger partial charge in [-0.1, -0.05) is 18.2 Å². The van der Waals surface area contributed by atoms with Crippen molar-refractivity contribution < 1.29 is 4.74 Å². The molecule has 1 aliphatic heterocycles. The van der Waals surface area contributed by atoms with E-state index >= 15 is 0 Å². The summed E-state index contributed by atoms with van der Waals surface area (Å²) in [6.45, 7) is 7.20. The van der Waals surface area contributed by atoms with Crippen LogP contribution in [-0.2, 0) is 7.05 Å². The fourth-order valence-electron chi connectivity index (χ4n) is 3.32. The lowest BCUT2D eigenvalue weighted by Gasteiger charge is -2.29. The number of nitrogens with one attached hydrogen (secondary N) is 1. The Morgan fingerprint density at radius 1 is 1.33 bits per heavy atom. The molecule has 0 radical (unpaired) electrons. The maximum absolute atomic E-state index is 5.74. The average molecular weight is 285 g/mol. The molecule has 1 aromatic heterocycles. The highest BCUT2D eigenvalue weighted by molar-refractivity contribution is 5.38. The van der Waals surface area contributed by atoms with Gasteiger partial charge in [0.05, 0.1) is 12.3 Å². The van der Waals surface area contributed by atoms with Gasteiger partial charge in [-0.25, -0.2) is 0 Å². The smallest absolute Gasteiger partial charge is 0.124 e. The predicted octanol–water partition coefficient (Wildman–Crippen LogP) is 3.21. The normalized spacial score (nSPS) is 19.0. The van der Waals surface area contributed by atoms with Crippen molar-refractivity contribution in [3.05, 3.63) is 46.8 Å². The van der Waals surface area contributed by atoms with E-state index < -0.39 is 0 Å². The molecule has 2 atom stereocenters. The summed E-state index contributed by atoms with van der Waals surface area (Å²) in [4.78, 5) is 0. The van der Waals surface area contributed by atoms with Gasteiger partial charge < -0.3 is 10.1 Å². The van der Waals surface area contributed by atoms with E-state index in [-0.39, 0.29) is 6.04 Å². The molecule has 0 amide bonds. The van der Waals surface area contributed by atoms with Gasteiger partial charge in [0.25, 0.3) is 0 Å². The number of rotatable bonds is 3. The molecule has 112 valence electrons. The van der Waals surface area contributed by atoms with Crippen LogP contribution < -0.4 is 10.1 Å². The number of aryl methyl sites for hydroxylation is 2. The van der Waals surface area contributed by atoms with E-state index in [1.807, 2.05) is 17.8 Å². The largest absolute Gasteiger partial charge is 0.493 e. The van der Waals surface area contributed by atoms with E-state index in [2.05, 4.69) is 49.4 Å². The Morgan fingerprint density at radius 3 is 2.81 bits per heavy atom. The summed E-state index contributed by atoms with van der Waals surface area (Å²) in [7, 11) is 2.00. The topological polar surface area (TPSA) is 39.1 Å². The second-order valence-corrected chi connectivity index (χ2v) is 5.82. The molecule has 2 aromatic rings. The Bertz CT molecular complexity index is 647. The van der Waals surface area contributed by atoms with Gasteiger partial charge in [-0.15, -0.1) is 0 Å². The molecule has 1 N–H and O–H groups in total. The number of aromatic nitrogens is 2. The number of hydrogen-bond acceptors (Lipinski definition) is 3. The molecule has 0 spiro atoms. The van der Waals surface area contributed by atoms with E-state index in [0.29, 0.717) is 6.04 Å². The highest BCUT2D eigenvalue weighted by Crippen LogP contribution is 2.34. The van der Waals surface area contributed by atoms with Crippen molar-refractivity contribution in [3.63, 3.8) is 0 Å². The molecular weight excluding hydrogens is 262 g/mol. The van der Waals surface area contributed by atoms with Crippen LogP contribution in [0.3, 0.4) is 0 Å². The van der Waals surface area contributed by atoms with Crippen LogP contribution in [0, 0.1) is 13.8 Å². The number of fused-ring (bicyclic) bond motifs is 1. The van der Waals surface area contributed by atoms with Crippen molar-refractivity contribution >= 4 is 0 Å². The number of para-hydroxylation sites is 1. The molecule has 3 rings (SSSR count). The lowest BCUT2D eigenvalue weighted by molar-refractivity contribution is 0.246. The second kappa shape index (κ2) is 5.53. The Balaban J connectivity index is 1.84.